The van der Waals surface area contributed by atoms with Crippen molar-refractivity contribution in [3.8, 4) is 5.75 Å². The number of carbonyl (C=O) groups excluding carboxylic acids is 1. The number of carbonyl (C=O) groups is 1. The highest BCUT2D eigenvalue weighted by molar-refractivity contribution is 5.77. The van der Waals surface area contributed by atoms with Gasteiger partial charge in [-0.1, -0.05) is 26.0 Å². The topological polar surface area (TPSA) is 72.3 Å². The molecule has 7 nitrogen and oxygen atoms in total. The molecule has 7 heteroatoms. The molecule has 0 bridgehead atoms. The summed E-state index contributed by atoms with van der Waals surface area (Å²) in [5, 5.41) is 12.1. The summed E-state index contributed by atoms with van der Waals surface area (Å²) in [5.74, 6) is 3.75. The molecule has 1 saturated heterocycles. The van der Waals surface area contributed by atoms with Crippen molar-refractivity contribution in [3.05, 3.63) is 41.5 Å². The number of aromatic nitrogens is 3. The van der Waals surface area contributed by atoms with E-state index in [0.717, 1.165) is 63.0 Å². The van der Waals surface area contributed by atoms with Crippen molar-refractivity contribution in [3.63, 3.8) is 0 Å². The summed E-state index contributed by atoms with van der Waals surface area (Å²) in [5.41, 5.74) is 1.22. The number of piperidine rings is 1. The van der Waals surface area contributed by atoms with E-state index in [-0.39, 0.29) is 12.5 Å². The molecule has 0 saturated carbocycles. The van der Waals surface area contributed by atoms with Gasteiger partial charge in [0.25, 0.3) is 5.91 Å². The molecule has 1 fully saturated rings. The van der Waals surface area contributed by atoms with Crippen molar-refractivity contribution < 1.29 is 9.53 Å². The SMILES string of the molecule is CC(C)c1cccc(OCC(=O)N2CCC(c3nnc4n3CCNC4)CC2)c1. The molecule has 1 N–H and O–H groups in total. The third-order valence-corrected chi connectivity index (χ3v) is 5.75. The zero-order valence-corrected chi connectivity index (χ0v) is 16.7. The number of fused-ring (bicyclic) bond motifs is 1. The molecule has 28 heavy (non-hydrogen) atoms. The average molecular weight is 383 g/mol. The van der Waals surface area contributed by atoms with Gasteiger partial charge in [-0.05, 0) is 36.5 Å². The Kier molecular flexibility index (Phi) is 5.62. The lowest BCUT2D eigenvalue weighted by Gasteiger charge is -2.32. The van der Waals surface area contributed by atoms with Crippen molar-refractivity contribution in [2.75, 3.05) is 26.2 Å². The summed E-state index contributed by atoms with van der Waals surface area (Å²) < 4.78 is 8.01. The maximum atomic E-state index is 12.6. The standard InChI is InChI=1S/C21H29N5O2/c1-15(2)17-4-3-5-18(12-17)28-14-20(27)25-9-6-16(7-10-25)21-24-23-19-13-22-8-11-26(19)21/h3-5,12,15-16,22H,6-11,13-14H2,1-2H3. The van der Waals surface area contributed by atoms with Crippen molar-refractivity contribution >= 4 is 5.91 Å². The second-order valence-electron chi connectivity index (χ2n) is 7.97. The first-order chi connectivity index (χ1) is 13.6. The van der Waals surface area contributed by atoms with Crippen LogP contribution in [0.3, 0.4) is 0 Å². The highest BCUT2D eigenvalue weighted by Crippen LogP contribution is 2.28. The van der Waals surface area contributed by atoms with E-state index in [9.17, 15) is 4.79 Å². The molecule has 0 aliphatic carbocycles. The fourth-order valence-corrected chi connectivity index (χ4v) is 4.00. The molecule has 1 amide bonds. The second-order valence-corrected chi connectivity index (χ2v) is 7.97. The summed E-state index contributed by atoms with van der Waals surface area (Å²) in [6.45, 7) is 8.58. The Balaban J connectivity index is 1.29. The van der Waals surface area contributed by atoms with Gasteiger partial charge in [0.2, 0.25) is 0 Å². The molecule has 2 aliphatic rings. The fraction of sp³-hybridized carbons (Fsp3) is 0.571. The van der Waals surface area contributed by atoms with Gasteiger partial charge in [0.1, 0.15) is 17.4 Å². The first-order valence-electron chi connectivity index (χ1n) is 10.2. The minimum atomic E-state index is 0.0564. The van der Waals surface area contributed by atoms with Crippen LogP contribution in [-0.2, 0) is 17.9 Å². The Labute approximate surface area is 166 Å². The molecular weight excluding hydrogens is 354 g/mol. The number of rotatable bonds is 5. The number of amides is 1. The molecule has 1 aromatic carbocycles. The Hall–Kier alpha value is -2.41. The van der Waals surface area contributed by atoms with Crippen LogP contribution >= 0.6 is 0 Å². The number of likely N-dealkylation sites (tertiary alicyclic amines) is 1. The Bertz CT molecular complexity index is 824. The molecule has 0 atom stereocenters. The predicted octanol–water partition coefficient (Wildman–Crippen LogP) is 2.29. The van der Waals surface area contributed by atoms with Crippen LogP contribution in [0.25, 0.3) is 0 Å². The maximum absolute atomic E-state index is 12.6. The number of nitrogens with one attached hydrogen (secondary N) is 1. The molecule has 150 valence electrons. The van der Waals surface area contributed by atoms with E-state index in [1.807, 2.05) is 23.1 Å². The van der Waals surface area contributed by atoms with E-state index in [4.69, 9.17) is 4.74 Å². The zero-order valence-electron chi connectivity index (χ0n) is 16.7. The third-order valence-electron chi connectivity index (χ3n) is 5.75. The van der Waals surface area contributed by atoms with Crippen LogP contribution in [0, 0.1) is 0 Å². The van der Waals surface area contributed by atoms with E-state index >= 15 is 0 Å². The highest BCUT2D eigenvalue weighted by Gasteiger charge is 2.28. The summed E-state index contributed by atoms with van der Waals surface area (Å²) >= 11 is 0. The van der Waals surface area contributed by atoms with Crippen molar-refractivity contribution in [1.82, 2.24) is 25.0 Å². The van der Waals surface area contributed by atoms with E-state index in [2.05, 4.69) is 40.0 Å². The van der Waals surface area contributed by atoms with Gasteiger partial charge in [-0.2, -0.15) is 0 Å². The van der Waals surface area contributed by atoms with Crippen molar-refractivity contribution in [2.45, 2.75) is 51.6 Å². The van der Waals surface area contributed by atoms with Gasteiger partial charge in [0, 0.05) is 32.1 Å². The lowest BCUT2D eigenvalue weighted by atomic mass is 9.95. The van der Waals surface area contributed by atoms with Crippen LogP contribution in [0.1, 0.15) is 55.7 Å². The lowest BCUT2D eigenvalue weighted by Crippen LogP contribution is -2.41. The first kappa shape index (κ1) is 18.9. The first-order valence-corrected chi connectivity index (χ1v) is 10.2. The Morgan fingerprint density at radius 2 is 2.07 bits per heavy atom. The van der Waals surface area contributed by atoms with Crippen LogP contribution in [-0.4, -0.2) is 51.8 Å². The molecule has 0 radical (unpaired) electrons. The number of ether oxygens (including phenoxy) is 1. The van der Waals surface area contributed by atoms with Crippen molar-refractivity contribution in [1.29, 1.82) is 0 Å². The molecule has 2 aromatic rings. The number of nitrogens with zero attached hydrogens (tertiary/aromatic N) is 4. The second kappa shape index (κ2) is 8.31. The molecule has 3 heterocycles. The van der Waals surface area contributed by atoms with Crippen LogP contribution in [0.5, 0.6) is 5.75 Å². The Morgan fingerprint density at radius 1 is 1.25 bits per heavy atom. The molecule has 0 spiro atoms. The quantitative estimate of drug-likeness (QED) is 0.858. The van der Waals surface area contributed by atoms with Gasteiger partial charge < -0.3 is 19.5 Å². The number of hydrogen-bond acceptors (Lipinski definition) is 5. The zero-order chi connectivity index (χ0) is 19.5. The minimum Gasteiger partial charge on any atom is -0.484 e. The van der Waals surface area contributed by atoms with Gasteiger partial charge in [0.15, 0.2) is 6.61 Å². The third kappa shape index (κ3) is 4.04. The molecular formula is C21H29N5O2. The largest absolute Gasteiger partial charge is 0.484 e. The number of hydrogen-bond donors (Lipinski definition) is 1. The molecule has 2 aliphatic heterocycles. The maximum Gasteiger partial charge on any atom is 0.260 e. The van der Waals surface area contributed by atoms with Crippen LogP contribution in [0.2, 0.25) is 0 Å². The van der Waals surface area contributed by atoms with Gasteiger partial charge in [-0.25, -0.2) is 0 Å². The van der Waals surface area contributed by atoms with Crippen LogP contribution < -0.4 is 10.1 Å². The van der Waals surface area contributed by atoms with Crippen LogP contribution in [0.4, 0.5) is 0 Å². The lowest BCUT2D eigenvalue weighted by molar-refractivity contribution is -0.134. The molecule has 0 unspecified atom stereocenters. The van der Waals surface area contributed by atoms with Crippen molar-refractivity contribution in [2.24, 2.45) is 0 Å². The monoisotopic (exact) mass is 383 g/mol. The average Bonchev–Trinajstić information content (AvgIpc) is 3.16. The molecule has 1 aromatic heterocycles. The van der Waals surface area contributed by atoms with E-state index in [1.165, 1.54) is 5.56 Å². The summed E-state index contributed by atoms with van der Waals surface area (Å²) in [6.07, 6.45) is 1.86. The van der Waals surface area contributed by atoms with E-state index in [1.54, 1.807) is 0 Å². The smallest absolute Gasteiger partial charge is 0.260 e. The van der Waals surface area contributed by atoms with Gasteiger partial charge in [-0.15, -0.1) is 10.2 Å². The van der Waals surface area contributed by atoms with Gasteiger partial charge in [0.05, 0.1) is 6.54 Å². The van der Waals surface area contributed by atoms with Gasteiger partial charge >= 0.3 is 0 Å². The normalized spacial score (nSPS) is 17.6. The van der Waals surface area contributed by atoms with Crippen LogP contribution in [0.15, 0.2) is 24.3 Å². The minimum absolute atomic E-state index is 0.0564. The predicted molar refractivity (Wildman–Crippen MR) is 106 cm³/mol. The van der Waals surface area contributed by atoms with E-state index < -0.39 is 0 Å². The summed E-state index contributed by atoms with van der Waals surface area (Å²) in [7, 11) is 0. The van der Waals surface area contributed by atoms with E-state index in [0.29, 0.717) is 11.8 Å². The summed E-state index contributed by atoms with van der Waals surface area (Å²) in [4.78, 5) is 14.5. The fourth-order valence-electron chi connectivity index (χ4n) is 4.00. The van der Waals surface area contributed by atoms with Gasteiger partial charge in [-0.3, -0.25) is 4.79 Å². The number of benzene rings is 1. The Morgan fingerprint density at radius 3 is 2.86 bits per heavy atom. The highest BCUT2D eigenvalue weighted by atomic mass is 16.5. The molecule has 4 rings (SSSR count). The summed E-state index contributed by atoms with van der Waals surface area (Å²) in [6, 6.07) is 8.00.